The van der Waals surface area contributed by atoms with Crippen LogP contribution in [0.5, 0.6) is 5.75 Å². The quantitative estimate of drug-likeness (QED) is 0.540. The third-order valence-corrected chi connectivity index (χ3v) is 6.88. The average Bonchev–Trinajstić information content (AvgIpc) is 2.80. The lowest BCUT2D eigenvalue weighted by Crippen LogP contribution is -2.40. The molecule has 1 heterocycles. The fourth-order valence-electron chi connectivity index (χ4n) is 3.31. The lowest BCUT2D eigenvalue weighted by atomic mass is 10.1. The van der Waals surface area contributed by atoms with Crippen molar-refractivity contribution in [3.05, 3.63) is 54.1 Å². The van der Waals surface area contributed by atoms with Gasteiger partial charge >= 0.3 is 0 Å². The third-order valence-electron chi connectivity index (χ3n) is 4.96. The first kappa shape index (κ1) is 23.1. The molecular formula is C22H29N3O5S. The van der Waals surface area contributed by atoms with Crippen LogP contribution in [0.25, 0.3) is 0 Å². The predicted octanol–water partition coefficient (Wildman–Crippen LogP) is 1.88. The van der Waals surface area contributed by atoms with E-state index in [1.54, 1.807) is 12.1 Å². The lowest BCUT2D eigenvalue weighted by Gasteiger charge is -2.26. The number of morpholine rings is 1. The van der Waals surface area contributed by atoms with Crippen molar-refractivity contribution in [2.75, 3.05) is 51.8 Å². The van der Waals surface area contributed by atoms with Gasteiger partial charge in [0, 0.05) is 31.9 Å². The number of ether oxygens (including phenoxy) is 2. The Morgan fingerprint density at radius 1 is 1.10 bits per heavy atom. The number of hydrogen-bond donors (Lipinski definition) is 2. The molecule has 31 heavy (non-hydrogen) atoms. The predicted molar refractivity (Wildman–Crippen MR) is 119 cm³/mol. The summed E-state index contributed by atoms with van der Waals surface area (Å²) in [5.74, 6) is 0.113. The molecule has 1 aliphatic rings. The SMILES string of the molecule is COc1ccc(CC(=O)NCCCNc2ccccc2)cc1S(=O)(=O)N1CCOCC1. The smallest absolute Gasteiger partial charge is 0.246 e. The molecule has 3 rings (SSSR count). The zero-order chi connectivity index (χ0) is 22.1. The van der Waals surface area contributed by atoms with E-state index in [9.17, 15) is 13.2 Å². The Kier molecular flexibility index (Phi) is 8.27. The lowest BCUT2D eigenvalue weighted by molar-refractivity contribution is -0.120. The van der Waals surface area contributed by atoms with Gasteiger partial charge in [0.1, 0.15) is 10.6 Å². The van der Waals surface area contributed by atoms with E-state index in [0.29, 0.717) is 38.4 Å². The fraction of sp³-hybridized carbons (Fsp3) is 0.409. The molecule has 1 saturated heterocycles. The maximum absolute atomic E-state index is 13.0. The molecule has 168 valence electrons. The molecule has 0 aromatic heterocycles. The van der Waals surface area contributed by atoms with Gasteiger partial charge in [-0.25, -0.2) is 8.42 Å². The van der Waals surface area contributed by atoms with Crippen LogP contribution in [0.4, 0.5) is 5.69 Å². The van der Waals surface area contributed by atoms with E-state index >= 15 is 0 Å². The maximum atomic E-state index is 13.0. The molecule has 8 nitrogen and oxygen atoms in total. The Labute approximate surface area is 183 Å². The van der Waals surface area contributed by atoms with Crippen LogP contribution >= 0.6 is 0 Å². The first-order chi connectivity index (χ1) is 15.0. The Hall–Kier alpha value is -2.62. The van der Waals surface area contributed by atoms with Gasteiger partial charge in [0.2, 0.25) is 15.9 Å². The number of amides is 1. The van der Waals surface area contributed by atoms with E-state index in [0.717, 1.165) is 18.7 Å². The molecule has 2 N–H and O–H groups in total. The second-order valence-corrected chi connectivity index (χ2v) is 9.08. The van der Waals surface area contributed by atoms with Crippen LogP contribution in [0.1, 0.15) is 12.0 Å². The highest BCUT2D eigenvalue weighted by atomic mass is 32.2. The van der Waals surface area contributed by atoms with Crippen molar-refractivity contribution in [1.29, 1.82) is 0 Å². The summed E-state index contributed by atoms with van der Waals surface area (Å²) < 4.78 is 38.0. The van der Waals surface area contributed by atoms with Crippen molar-refractivity contribution in [2.45, 2.75) is 17.7 Å². The van der Waals surface area contributed by atoms with E-state index in [1.165, 1.54) is 17.5 Å². The van der Waals surface area contributed by atoms with Crippen molar-refractivity contribution in [1.82, 2.24) is 9.62 Å². The van der Waals surface area contributed by atoms with Crippen LogP contribution < -0.4 is 15.4 Å². The van der Waals surface area contributed by atoms with Crippen LogP contribution in [-0.2, 0) is 26.0 Å². The normalized spacial score (nSPS) is 14.7. The van der Waals surface area contributed by atoms with Gasteiger partial charge in [-0.15, -0.1) is 0 Å². The highest BCUT2D eigenvalue weighted by molar-refractivity contribution is 7.89. The van der Waals surface area contributed by atoms with Crippen molar-refractivity contribution in [2.24, 2.45) is 0 Å². The van der Waals surface area contributed by atoms with Crippen LogP contribution in [0.2, 0.25) is 0 Å². The number of methoxy groups -OCH3 is 1. The highest BCUT2D eigenvalue weighted by Gasteiger charge is 2.29. The van der Waals surface area contributed by atoms with Crippen LogP contribution in [0, 0.1) is 0 Å². The van der Waals surface area contributed by atoms with Gasteiger partial charge in [-0.3, -0.25) is 4.79 Å². The summed E-state index contributed by atoms with van der Waals surface area (Å²) in [5, 5.41) is 6.17. The zero-order valence-electron chi connectivity index (χ0n) is 17.7. The van der Waals surface area contributed by atoms with E-state index in [2.05, 4.69) is 10.6 Å². The minimum Gasteiger partial charge on any atom is -0.495 e. The molecule has 0 bridgehead atoms. The first-order valence-electron chi connectivity index (χ1n) is 10.3. The Morgan fingerprint density at radius 3 is 2.55 bits per heavy atom. The fourth-order valence-corrected chi connectivity index (χ4v) is 4.93. The van der Waals surface area contributed by atoms with Gasteiger partial charge < -0.3 is 20.1 Å². The summed E-state index contributed by atoms with van der Waals surface area (Å²) >= 11 is 0. The summed E-state index contributed by atoms with van der Waals surface area (Å²) in [7, 11) is -2.29. The number of sulfonamides is 1. The number of para-hydroxylation sites is 1. The summed E-state index contributed by atoms with van der Waals surface area (Å²) in [6.45, 7) is 2.61. The number of benzene rings is 2. The van der Waals surface area contributed by atoms with E-state index < -0.39 is 10.0 Å². The minimum absolute atomic E-state index is 0.0780. The molecule has 0 saturated carbocycles. The number of anilines is 1. The number of rotatable bonds is 10. The van der Waals surface area contributed by atoms with Crippen molar-refractivity contribution in [3.63, 3.8) is 0 Å². The minimum atomic E-state index is -3.73. The maximum Gasteiger partial charge on any atom is 0.246 e. The Balaban J connectivity index is 1.55. The summed E-state index contributed by atoms with van der Waals surface area (Å²) in [6.07, 6.45) is 0.877. The van der Waals surface area contributed by atoms with Crippen molar-refractivity contribution in [3.8, 4) is 5.75 Å². The van der Waals surface area contributed by atoms with Crippen molar-refractivity contribution < 1.29 is 22.7 Å². The van der Waals surface area contributed by atoms with Gasteiger partial charge in [-0.05, 0) is 36.2 Å². The zero-order valence-corrected chi connectivity index (χ0v) is 18.5. The molecule has 1 amide bonds. The second kappa shape index (κ2) is 11.1. The summed E-state index contributed by atoms with van der Waals surface area (Å²) in [4.78, 5) is 12.4. The van der Waals surface area contributed by atoms with Crippen molar-refractivity contribution >= 4 is 21.6 Å². The van der Waals surface area contributed by atoms with E-state index in [4.69, 9.17) is 9.47 Å². The standard InChI is InChI=1S/C22H29N3O5S/c1-29-20-9-8-18(16-21(20)31(27,28)25-12-14-30-15-13-25)17-22(26)24-11-5-10-23-19-6-3-2-4-7-19/h2-4,6-9,16,23H,5,10-15,17H2,1H3,(H,24,26). The van der Waals surface area contributed by atoms with Gasteiger partial charge in [0.25, 0.3) is 0 Å². The van der Waals surface area contributed by atoms with E-state index in [1.807, 2.05) is 30.3 Å². The number of hydrogen-bond acceptors (Lipinski definition) is 6. The first-order valence-corrected chi connectivity index (χ1v) is 11.7. The number of nitrogens with zero attached hydrogens (tertiary/aromatic N) is 1. The average molecular weight is 448 g/mol. The highest BCUT2D eigenvalue weighted by Crippen LogP contribution is 2.28. The van der Waals surface area contributed by atoms with Gasteiger partial charge in [0.05, 0.1) is 26.7 Å². The topological polar surface area (TPSA) is 97.0 Å². The molecule has 0 radical (unpaired) electrons. The van der Waals surface area contributed by atoms with Crippen LogP contribution in [0.3, 0.4) is 0 Å². The number of carbonyl (C=O) groups excluding carboxylic acids is 1. The molecule has 1 aliphatic heterocycles. The van der Waals surface area contributed by atoms with Gasteiger partial charge in [-0.1, -0.05) is 24.3 Å². The molecule has 0 aliphatic carbocycles. The largest absolute Gasteiger partial charge is 0.495 e. The van der Waals surface area contributed by atoms with Gasteiger partial charge in [0.15, 0.2) is 0 Å². The summed E-state index contributed by atoms with van der Waals surface area (Å²) in [6, 6.07) is 14.7. The van der Waals surface area contributed by atoms with Crippen LogP contribution in [-0.4, -0.2) is 65.1 Å². The Bertz CT molecular complexity index is 960. The number of nitrogens with one attached hydrogen (secondary N) is 2. The molecule has 0 spiro atoms. The monoisotopic (exact) mass is 447 g/mol. The molecule has 2 aromatic carbocycles. The molecule has 2 aromatic rings. The third kappa shape index (κ3) is 6.43. The molecule has 1 fully saturated rings. The van der Waals surface area contributed by atoms with Gasteiger partial charge in [-0.2, -0.15) is 4.31 Å². The Morgan fingerprint density at radius 2 is 1.84 bits per heavy atom. The van der Waals surface area contributed by atoms with Crippen LogP contribution in [0.15, 0.2) is 53.4 Å². The molecular weight excluding hydrogens is 418 g/mol. The second-order valence-electron chi connectivity index (χ2n) is 7.17. The molecule has 0 unspecified atom stereocenters. The molecule has 9 heteroatoms. The summed E-state index contributed by atoms with van der Waals surface area (Å²) in [5.41, 5.74) is 1.66. The van der Waals surface area contributed by atoms with E-state index in [-0.39, 0.29) is 23.0 Å². The number of carbonyl (C=O) groups is 1. The molecule has 0 atom stereocenters.